The second-order valence-electron chi connectivity index (χ2n) is 5.60. The number of hydrogen-bond donors (Lipinski definition) is 0. The molecule has 128 valence electrons. The van der Waals surface area contributed by atoms with Gasteiger partial charge in [0.25, 0.3) is 5.91 Å². The topological polar surface area (TPSA) is 54.9 Å². The van der Waals surface area contributed by atoms with Crippen molar-refractivity contribution in [1.29, 1.82) is 0 Å². The zero-order valence-electron chi connectivity index (χ0n) is 14.1. The highest BCUT2D eigenvalue weighted by Gasteiger charge is 2.24. The van der Waals surface area contributed by atoms with Gasteiger partial charge in [0.1, 0.15) is 0 Å². The van der Waals surface area contributed by atoms with Gasteiger partial charge in [0, 0.05) is 42.8 Å². The summed E-state index contributed by atoms with van der Waals surface area (Å²) in [5, 5.41) is 1.03. The van der Waals surface area contributed by atoms with Crippen LogP contribution in [0.1, 0.15) is 15.2 Å². The number of hydrogen-bond acceptors (Lipinski definition) is 6. The molecular weight excluding hydrogens is 326 g/mol. The Hall–Kier alpha value is -2.28. The van der Waals surface area contributed by atoms with E-state index in [4.69, 9.17) is 9.47 Å². The van der Waals surface area contributed by atoms with E-state index in [9.17, 15) is 4.79 Å². The normalized spacial score (nSPS) is 14.6. The van der Waals surface area contributed by atoms with Crippen LogP contribution in [-0.4, -0.2) is 56.2 Å². The molecule has 0 atom stereocenters. The van der Waals surface area contributed by atoms with Crippen molar-refractivity contribution in [2.45, 2.75) is 6.92 Å². The summed E-state index contributed by atoms with van der Waals surface area (Å²) in [5.74, 6) is 1.21. The van der Waals surface area contributed by atoms with E-state index in [0.29, 0.717) is 30.2 Å². The van der Waals surface area contributed by atoms with Crippen molar-refractivity contribution in [3.05, 3.63) is 34.8 Å². The molecule has 0 bridgehead atoms. The highest BCUT2D eigenvalue weighted by atomic mass is 32.1. The lowest BCUT2D eigenvalue weighted by Gasteiger charge is -2.34. The lowest BCUT2D eigenvalue weighted by molar-refractivity contribution is 0.0746. The van der Waals surface area contributed by atoms with E-state index < -0.39 is 0 Å². The molecule has 2 heterocycles. The zero-order valence-corrected chi connectivity index (χ0v) is 14.9. The van der Waals surface area contributed by atoms with E-state index in [-0.39, 0.29) is 5.91 Å². The van der Waals surface area contributed by atoms with Crippen LogP contribution < -0.4 is 14.4 Å². The summed E-state index contributed by atoms with van der Waals surface area (Å²) in [5.41, 5.74) is 0.617. The van der Waals surface area contributed by atoms with E-state index >= 15 is 0 Å². The molecular formula is C17H21N3O3S. The third-order valence-corrected chi connectivity index (χ3v) is 5.05. The quantitative estimate of drug-likeness (QED) is 0.850. The van der Waals surface area contributed by atoms with E-state index in [1.165, 1.54) is 4.88 Å². The van der Waals surface area contributed by atoms with Gasteiger partial charge in [-0.3, -0.25) is 4.79 Å². The molecule has 1 amide bonds. The van der Waals surface area contributed by atoms with Gasteiger partial charge < -0.3 is 19.3 Å². The van der Waals surface area contributed by atoms with Crippen molar-refractivity contribution in [2.75, 3.05) is 45.3 Å². The number of benzene rings is 1. The summed E-state index contributed by atoms with van der Waals surface area (Å²) in [6.45, 7) is 5.02. The van der Waals surface area contributed by atoms with E-state index in [2.05, 4.69) is 16.8 Å². The highest BCUT2D eigenvalue weighted by Crippen LogP contribution is 2.28. The Morgan fingerprint density at radius 1 is 1.12 bits per heavy atom. The Morgan fingerprint density at radius 3 is 2.42 bits per heavy atom. The molecule has 1 aromatic heterocycles. The van der Waals surface area contributed by atoms with Gasteiger partial charge in [-0.25, -0.2) is 4.98 Å². The summed E-state index contributed by atoms with van der Waals surface area (Å²) in [6.07, 6.45) is 1.89. The first-order valence-corrected chi connectivity index (χ1v) is 8.62. The minimum absolute atomic E-state index is 0.0194. The number of aryl methyl sites for hydroxylation is 1. The Bertz CT molecular complexity index is 724. The van der Waals surface area contributed by atoms with Crippen LogP contribution in [0.5, 0.6) is 11.5 Å². The van der Waals surface area contributed by atoms with Gasteiger partial charge in [0.05, 0.1) is 14.2 Å². The average molecular weight is 347 g/mol. The fourth-order valence-electron chi connectivity index (χ4n) is 2.74. The van der Waals surface area contributed by atoms with Crippen LogP contribution in [0.3, 0.4) is 0 Å². The maximum absolute atomic E-state index is 12.7. The zero-order chi connectivity index (χ0) is 17.1. The molecule has 3 rings (SSSR count). The summed E-state index contributed by atoms with van der Waals surface area (Å²) < 4.78 is 10.5. The molecule has 2 aromatic rings. The molecule has 0 saturated carbocycles. The molecule has 1 aromatic carbocycles. The lowest BCUT2D eigenvalue weighted by atomic mass is 10.1. The molecule has 1 aliphatic heterocycles. The molecule has 1 fully saturated rings. The van der Waals surface area contributed by atoms with Gasteiger partial charge in [-0.1, -0.05) is 0 Å². The molecule has 0 spiro atoms. The number of piperazine rings is 1. The standard InChI is InChI=1S/C17H21N3O3S/c1-12-11-18-17(24-12)20-8-6-19(7-9-20)16(21)13-4-5-14(22-2)15(10-13)23-3/h4-5,10-11H,6-9H2,1-3H3. The number of rotatable bonds is 4. The molecule has 0 aliphatic carbocycles. The van der Waals surface area contributed by atoms with Crippen molar-refractivity contribution in [2.24, 2.45) is 0 Å². The van der Waals surface area contributed by atoms with Crippen molar-refractivity contribution in [1.82, 2.24) is 9.88 Å². The van der Waals surface area contributed by atoms with Crippen molar-refractivity contribution in [3.8, 4) is 11.5 Å². The number of nitrogens with zero attached hydrogens (tertiary/aromatic N) is 3. The second kappa shape index (κ2) is 7.09. The molecule has 1 saturated heterocycles. The molecule has 0 unspecified atom stereocenters. The summed E-state index contributed by atoms with van der Waals surface area (Å²) >= 11 is 1.69. The van der Waals surface area contributed by atoms with E-state index in [1.54, 1.807) is 43.8 Å². The Balaban J connectivity index is 1.67. The SMILES string of the molecule is COc1ccc(C(=O)N2CCN(c3ncc(C)s3)CC2)cc1OC. The Labute approximate surface area is 145 Å². The molecule has 1 aliphatic rings. The summed E-state index contributed by atoms with van der Waals surface area (Å²) in [4.78, 5) is 22.4. The first-order chi connectivity index (χ1) is 11.6. The van der Waals surface area contributed by atoms with Gasteiger partial charge in [-0.15, -0.1) is 11.3 Å². The van der Waals surface area contributed by atoms with Crippen LogP contribution in [0.25, 0.3) is 0 Å². The fourth-order valence-corrected chi connectivity index (χ4v) is 3.55. The van der Waals surface area contributed by atoms with Gasteiger partial charge in [-0.2, -0.15) is 0 Å². The Kier molecular flexibility index (Phi) is 4.89. The number of thiazole rings is 1. The van der Waals surface area contributed by atoms with Crippen LogP contribution in [0.4, 0.5) is 5.13 Å². The smallest absolute Gasteiger partial charge is 0.254 e. The predicted octanol–water partition coefficient (Wildman–Crippen LogP) is 2.43. The van der Waals surface area contributed by atoms with Crippen molar-refractivity contribution < 1.29 is 14.3 Å². The van der Waals surface area contributed by atoms with Gasteiger partial charge in [-0.05, 0) is 25.1 Å². The third kappa shape index (κ3) is 3.31. The number of ether oxygens (including phenoxy) is 2. The largest absolute Gasteiger partial charge is 0.493 e. The number of amides is 1. The first-order valence-electron chi connectivity index (χ1n) is 7.81. The molecule has 24 heavy (non-hydrogen) atoms. The maximum Gasteiger partial charge on any atom is 0.254 e. The maximum atomic E-state index is 12.7. The summed E-state index contributed by atoms with van der Waals surface area (Å²) in [7, 11) is 3.15. The number of carbonyl (C=O) groups excluding carboxylic acids is 1. The van der Waals surface area contributed by atoms with Crippen LogP contribution in [0, 0.1) is 6.92 Å². The van der Waals surface area contributed by atoms with Gasteiger partial charge >= 0.3 is 0 Å². The third-order valence-electron chi connectivity index (χ3n) is 4.08. The Morgan fingerprint density at radius 2 is 1.83 bits per heavy atom. The fraction of sp³-hybridized carbons (Fsp3) is 0.412. The van der Waals surface area contributed by atoms with Crippen LogP contribution in [0.2, 0.25) is 0 Å². The number of anilines is 1. The van der Waals surface area contributed by atoms with Crippen molar-refractivity contribution in [3.63, 3.8) is 0 Å². The van der Waals surface area contributed by atoms with Crippen LogP contribution >= 0.6 is 11.3 Å². The second-order valence-corrected chi connectivity index (χ2v) is 6.82. The van der Waals surface area contributed by atoms with Gasteiger partial charge in [0.2, 0.25) is 0 Å². The predicted molar refractivity (Wildman–Crippen MR) is 94.5 cm³/mol. The van der Waals surface area contributed by atoms with E-state index in [0.717, 1.165) is 18.2 Å². The van der Waals surface area contributed by atoms with E-state index in [1.807, 2.05) is 11.1 Å². The lowest BCUT2D eigenvalue weighted by Crippen LogP contribution is -2.48. The minimum atomic E-state index is 0.0194. The van der Waals surface area contributed by atoms with Crippen molar-refractivity contribution >= 4 is 22.4 Å². The molecule has 0 radical (unpaired) electrons. The first kappa shape index (κ1) is 16.6. The minimum Gasteiger partial charge on any atom is -0.493 e. The van der Waals surface area contributed by atoms with Crippen LogP contribution in [0.15, 0.2) is 24.4 Å². The van der Waals surface area contributed by atoms with Crippen LogP contribution in [-0.2, 0) is 0 Å². The summed E-state index contributed by atoms with van der Waals surface area (Å²) in [6, 6.07) is 5.28. The molecule has 0 N–H and O–H groups in total. The number of methoxy groups -OCH3 is 2. The monoisotopic (exact) mass is 347 g/mol. The molecule has 7 heteroatoms. The van der Waals surface area contributed by atoms with Gasteiger partial charge in [0.15, 0.2) is 16.6 Å². The number of carbonyl (C=O) groups is 1. The number of aromatic nitrogens is 1. The molecule has 6 nitrogen and oxygen atoms in total. The highest BCUT2D eigenvalue weighted by molar-refractivity contribution is 7.15. The average Bonchev–Trinajstić information content (AvgIpc) is 3.07.